The summed E-state index contributed by atoms with van der Waals surface area (Å²) in [5.41, 5.74) is 5.14. The van der Waals surface area contributed by atoms with E-state index in [4.69, 9.17) is 13.7 Å². The molecule has 0 saturated carbocycles. The van der Waals surface area contributed by atoms with Gasteiger partial charge in [-0.1, -0.05) is 36.3 Å². The summed E-state index contributed by atoms with van der Waals surface area (Å²) in [6.45, 7) is 7.73. The van der Waals surface area contributed by atoms with E-state index < -0.39 is 16.1 Å². The summed E-state index contributed by atoms with van der Waals surface area (Å²) in [4.78, 5) is 24.1. The van der Waals surface area contributed by atoms with Crippen molar-refractivity contribution in [3.63, 3.8) is 0 Å². The van der Waals surface area contributed by atoms with Gasteiger partial charge in [-0.05, 0) is 63.3 Å². The Hall–Kier alpha value is -3.13. The Bertz CT molecular complexity index is 1240. The van der Waals surface area contributed by atoms with Crippen molar-refractivity contribution in [2.75, 3.05) is 7.11 Å². The molecule has 182 valence electrons. The van der Waals surface area contributed by atoms with Crippen LogP contribution in [-0.4, -0.2) is 27.5 Å². The quantitative estimate of drug-likeness (QED) is 0.287. The van der Waals surface area contributed by atoms with Crippen molar-refractivity contribution in [3.8, 4) is 5.75 Å². The lowest BCUT2D eigenvalue weighted by atomic mass is 9.89. The van der Waals surface area contributed by atoms with E-state index >= 15 is 0 Å². The highest BCUT2D eigenvalue weighted by Crippen LogP contribution is 2.40. The van der Waals surface area contributed by atoms with Crippen molar-refractivity contribution in [1.82, 2.24) is 0 Å². The largest absolute Gasteiger partial charge is 0.469 e. The lowest BCUT2D eigenvalue weighted by Crippen LogP contribution is -2.16. The molecule has 0 aromatic heterocycles. The first kappa shape index (κ1) is 25.5. The molecular weight excluding hydrogens is 456 g/mol. The third kappa shape index (κ3) is 5.33. The van der Waals surface area contributed by atoms with Crippen molar-refractivity contribution in [1.29, 1.82) is 0 Å². The number of esters is 2. The second-order valence-electron chi connectivity index (χ2n) is 8.38. The summed E-state index contributed by atoms with van der Waals surface area (Å²) < 4.78 is 42.0. The molecule has 0 radical (unpaired) electrons. The van der Waals surface area contributed by atoms with Gasteiger partial charge in [-0.15, -0.1) is 0 Å². The SMILES string of the molecule is CCc1c(C)c2c(c(OS(=O)(=O)c3ccc(C)cc3)c1C/C=C(\C)CCC(=O)OC)C(=O)OC2. The summed E-state index contributed by atoms with van der Waals surface area (Å²) in [7, 11) is -2.84. The van der Waals surface area contributed by atoms with Crippen LogP contribution < -0.4 is 4.18 Å². The van der Waals surface area contributed by atoms with Gasteiger partial charge in [0, 0.05) is 17.5 Å². The van der Waals surface area contributed by atoms with Gasteiger partial charge in [-0.2, -0.15) is 8.42 Å². The molecular formula is C26H30O7S. The summed E-state index contributed by atoms with van der Waals surface area (Å²) in [6.07, 6.45) is 3.65. The number of carbonyl (C=O) groups is 2. The third-order valence-electron chi connectivity index (χ3n) is 6.09. The molecule has 1 aliphatic rings. The number of aryl methyl sites for hydroxylation is 1. The Morgan fingerprint density at radius 1 is 1.12 bits per heavy atom. The minimum Gasteiger partial charge on any atom is -0.469 e. The molecule has 3 rings (SSSR count). The molecule has 0 atom stereocenters. The van der Waals surface area contributed by atoms with Gasteiger partial charge in [0.2, 0.25) is 0 Å². The summed E-state index contributed by atoms with van der Waals surface area (Å²) in [5, 5.41) is 0. The minimum absolute atomic E-state index is 0.00703. The van der Waals surface area contributed by atoms with Crippen LogP contribution in [0.25, 0.3) is 0 Å². The van der Waals surface area contributed by atoms with Crippen LogP contribution in [0.2, 0.25) is 0 Å². The van der Waals surface area contributed by atoms with E-state index in [-0.39, 0.29) is 35.2 Å². The van der Waals surface area contributed by atoms with E-state index in [1.54, 1.807) is 12.1 Å². The monoisotopic (exact) mass is 486 g/mol. The number of hydrogen-bond acceptors (Lipinski definition) is 7. The highest BCUT2D eigenvalue weighted by molar-refractivity contribution is 7.87. The zero-order chi connectivity index (χ0) is 25.0. The van der Waals surface area contributed by atoms with Gasteiger partial charge in [0.15, 0.2) is 5.75 Å². The first-order chi connectivity index (χ1) is 16.1. The van der Waals surface area contributed by atoms with E-state index in [1.165, 1.54) is 19.2 Å². The fourth-order valence-corrected chi connectivity index (χ4v) is 5.02. The fraction of sp³-hybridized carbons (Fsp3) is 0.385. The van der Waals surface area contributed by atoms with Crippen LogP contribution >= 0.6 is 0 Å². The van der Waals surface area contributed by atoms with E-state index in [9.17, 15) is 18.0 Å². The van der Waals surface area contributed by atoms with Gasteiger partial charge in [-0.3, -0.25) is 4.79 Å². The smallest absolute Gasteiger partial charge is 0.342 e. The second-order valence-corrected chi connectivity index (χ2v) is 9.92. The number of cyclic esters (lactones) is 1. The standard InChI is InChI=1S/C26H30O7S/c1-6-20-18(4)22-15-32-26(28)24(22)25(21(20)13-9-17(3)10-14-23(27)31-5)33-34(29,30)19-11-7-16(2)8-12-19/h7-9,11-12H,6,10,13-15H2,1-5H3/b17-9+. The zero-order valence-electron chi connectivity index (χ0n) is 20.2. The molecule has 0 bridgehead atoms. The third-order valence-corrected chi connectivity index (χ3v) is 7.32. The minimum atomic E-state index is -4.19. The number of allylic oxidation sites excluding steroid dienone is 2. The van der Waals surface area contributed by atoms with Crippen molar-refractivity contribution in [2.45, 2.75) is 64.9 Å². The van der Waals surface area contributed by atoms with Crippen LogP contribution in [0.4, 0.5) is 0 Å². The number of ether oxygens (including phenoxy) is 2. The molecule has 0 aliphatic carbocycles. The molecule has 1 aliphatic heterocycles. The fourth-order valence-electron chi connectivity index (χ4n) is 4.06. The van der Waals surface area contributed by atoms with Gasteiger partial charge < -0.3 is 13.7 Å². The predicted octanol–water partition coefficient (Wildman–Crippen LogP) is 4.75. The number of fused-ring (bicyclic) bond motifs is 1. The van der Waals surface area contributed by atoms with Crippen LogP contribution in [0, 0.1) is 13.8 Å². The summed E-state index contributed by atoms with van der Waals surface area (Å²) >= 11 is 0. The highest BCUT2D eigenvalue weighted by atomic mass is 32.2. The van der Waals surface area contributed by atoms with E-state index in [1.807, 2.05) is 33.8 Å². The Labute approximate surface area is 200 Å². The van der Waals surface area contributed by atoms with Crippen LogP contribution in [0.5, 0.6) is 5.75 Å². The number of rotatable bonds is 9. The highest BCUT2D eigenvalue weighted by Gasteiger charge is 2.34. The lowest BCUT2D eigenvalue weighted by molar-refractivity contribution is -0.140. The van der Waals surface area contributed by atoms with Crippen LogP contribution in [-0.2, 0) is 43.8 Å². The van der Waals surface area contributed by atoms with E-state index in [0.29, 0.717) is 30.4 Å². The first-order valence-electron chi connectivity index (χ1n) is 11.2. The molecule has 34 heavy (non-hydrogen) atoms. The van der Waals surface area contributed by atoms with E-state index in [2.05, 4.69) is 0 Å². The Morgan fingerprint density at radius 3 is 2.41 bits per heavy atom. The molecule has 0 spiro atoms. The molecule has 0 unspecified atom stereocenters. The molecule has 0 fully saturated rings. The second kappa shape index (κ2) is 10.4. The molecule has 8 heteroatoms. The maximum Gasteiger partial charge on any atom is 0.342 e. The van der Waals surface area contributed by atoms with Crippen LogP contribution in [0.15, 0.2) is 40.8 Å². The molecule has 2 aromatic carbocycles. The lowest BCUT2D eigenvalue weighted by Gasteiger charge is -2.19. The van der Waals surface area contributed by atoms with Crippen LogP contribution in [0.1, 0.15) is 64.9 Å². The van der Waals surface area contributed by atoms with Crippen molar-refractivity contribution in [2.24, 2.45) is 0 Å². The molecule has 7 nitrogen and oxygen atoms in total. The average molecular weight is 487 g/mol. The van der Waals surface area contributed by atoms with Gasteiger partial charge in [0.1, 0.15) is 17.1 Å². The van der Waals surface area contributed by atoms with Gasteiger partial charge in [0.05, 0.1) is 7.11 Å². The van der Waals surface area contributed by atoms with Crippen molar-refractivity contribution in [3.05, 3.63) is 69.3 Å². The first-order valence-corrected chi connectivity index (χ1v) is 12.6. The molecule has 0 N–H and O–H groups in total. The molecule has 2 aromatic rings. The van der Waals surface area contributed by atoms with Crippen LogP contribution in [0.3, 0.4) is 0 Å². The number of methoxy groups -OCH3 is 1. The summed E-state index contributed by atoms with van der Waals surface area (Å²) in [6, 6.07) is 6.34. The summed E-state index contributed by atoms with van der Waals surface area (Å²) in [5.74, 6) is -0.869. The Kier molecular flexibility index (Phi) is 7.82. The maximum absolute atomic E-state index is 13.2. The van der Waals surface area contributed by atoms with Gasteiger partial charge in [-0.25, -0.2) is 4.79 Å². The number of benzene rings is 2. The molecule has 0 amide bonds. The molecule has 0 saturated heterocycles. The van der Waals surface area contributed by atoms with Crippen molar-refractivity contribution < 1.29 is 31.7 Å². The maximum atomic E-state index is 13.2. The molecule has 1 heterocycles. The number of carbonyl (C=O) groups excluding carboxylic acids is 2. The number of hydrogen-bond donors (Lipinski definition) is 0. The Morgan fingerprint density at radius 2 is 1.79 bits per heavy atom. The van der Waals surface area contributed by atoms with Gasteiger partial charge in [0.25, 0.3) is 0 Å². The normalized spacial score (nSPS) is 13.4. The Balaban J connectivity index is 2.10. The predicted molar refractivity (Wildman–Crippen MR) is 127 cm³/mol. The zero-order valence-corrected chi connectivity index (χ0v) is 21.0. The van der Waals surface area contributed by atoms with Gasteiger partial charge >= 0.3 is 22.1 Å². The average Bonchev–Trinajstić information content (AvgIpc) is 3.20. The van der Waals surface area contributed by atoms with Crippen molar-refractivity contribution >= 4 is 22.1 Å². The van der Waals surface area contributed by atoms with E-state index in [0.717, 1.165) is 22.3 Å². The topological polar surface area (TPSA) is 96.0 Å².